The first-order valence-electron chi connectivity index (χ1n) is 20.3. The van der Waals surface area contributed by atoms with Gasteiger partial charge in [0.25, 0.3) is 0 Å². The van der Waals surface area contributed by atoms with E-state index in [9.17, 15) is 14.4 Å². The van der Waals surface area contributed by atoms with Gasteiger partial charge in [0.1, 0.15) is 13.2 Å². The molecule has 0 saturated carbocycles. The van der Waals surface area contributed by atoms with Crippen LogP contribution in [-0.2, 0) is 28.6 Å². The Morgan fingerprint density at radius 2 is 0.800 bits per heavy atom. The molecule has 0 fully saturated rings. The Kier molecular flexibility index (Phi) is 36.7. The lowest BCUT2D eigenvalue weighted by Crippen LogP contribution is -2.30. The van der Waals surface area contributed by atoms with Crippen molar-refractivity contribution in [2.24, 2.45) is 0 Å². The first-order chi connectivity index (χ1) is 24.5. The van der Waals surface area contributed by atoms with Gasteiger partial charge in [0, 0.05) is 19.3 Å². The van der Waals surface area contributed by atoms with Crippen LogP contribution in [0.5, 0.6) is 0 Å². The molecule has 0 aromatic rings. The molecule has 0 aromatic heterocycles. The topological polar surface area (TPSA) is 78.9 Å². The van der Waals surface area contributed by atoms with Crippen molar-refractivity contribution in [3.8, 4) is 0 Å². The second kappa shape index (κ2) is 38.9. The van der Waals surface area contributed by atoms with Gasteiger partial charge < -0.3 is 14.2 Å². The van der Waals surface area contributed by atoms with Gasteiger partial charge in [-0.05, 0) is 89.9 Å². The molecule has 6 heteroatoms. The van der Waals surface area contributed by atoms with Gasteiger partial charge in [-0.15, -0.1) is 0 Å². The number of ether oxygens (including phenoxy) is 3. The number of carbonyl (C=O) groups excluding carboxylic acids is 3. The molecule has 0 rings (SSSR count). The Morgan fingerprint density at radius 1 is 0.420 bits per heavy atom. The van der Waals surface area contributed by atoms with Crippen molar-refractivity contribution in [2.75, 3.05) is 13.2 Å². The summed E-state index contributed by atoms with van der Waals surface area (Å²) in [5.74, 6) is -1.01. The highest BCUT2D eigenvalue weighted by Crippen LogP contribution is 2.10. The summed E-state index contributed by atoms with van der Waals surface area (Å²) in [6, 6.07) is 0. The predicted molar refractivity (Wildman–Crippen MR) is 210 cm³/mol. The van der Waals surface area contributed by atoms with Crippen LogP contribution in [0, 0.1) is 0 Å². The molecule has 0 spiro atoms. The minimum absolute atomic E-state index is 0.107. The second-order valence-electron chi connectivity index (χ2n) is 13.2. The molecule has 0 saturated heterocycles. The van der Waals surface area contributed by atoms with E-state index < -0.39 is 6.10 Å². The van der Waals surface area contributed by atoms with E-state index in [-0.39, 0.29) is 37.5 Å². The third-order valence-electron chi connectivity index (χ3n) is 8.23. The fourth-order valence-electron chi connectivity index (χ4n) is 5.17. The molecule has 0 heterocycles. The quantitative estimate of drug-likeness (QED) is 0.0284. The van der Waals surface area contributed by atoms with Gasteiger partial charge in [-0.1, -0.05) is 133 Å². The maximum atomic E-state index is 12.6. The van der Waals surface area contributed by atoms with E-state index in [1.54, 1.807) is 0 Å². The molecular weight excluding hydrogens is 624 g/mol. The summed E-state index contributed by atoms with van der Waals surface area (Å²) in [7, 11) is 0. The summed E-state index contributed by atoms with van der Waals surface area (Å²) < 4.78 is 16.5. The average Bonchev–Trinajstić information content (AvgIpc) is 3.11. The van der Waals surface area contributed by atoms with Crippen molar-refractivity contribution in [3.05, 3.63) is 60.8 Å². The van der Waals surface area contributed by atoms with Crippen LogP contribution in [0.25, 0.3) is 0 Å². The van der Waals surface area contributed by atoms with Crippen LogP contribution in [0.3, 0.4) is 0 Å². The molecule has 0 amide bonds. The molecule has 0 N–H and O–H groups in total. The Hall–Kier alpha value is -2.89. The maximum absolute atomic E-state index is 12.6. The molecule has 1 atom stereocenters. The predicted octanol–water partition coefficient (Wildman–Crippen LogP) is 12.6. The number of rotatable bonds is 35. The molecule has 1 unspecified atom stereocenters. The number of hydrogen-bond donors (Lipinski definition) is 0. The van der Waals surface area contributed by atoms with Gasteiger partial charge in [0.05, 0.1) is 0 Å². The van der Waals surface area contributed by atoms with E-state index >= 15 is 0 Å². The van der Waals surface area contributed by atoms with Crippen LogP contribution in [0.15, 0.2) is 60.8 Å². The Balaban J connectivity index is 4.45. The summed E-state index contributed by atoms with van der Waals surface area (Å²) in [6.45, 7) is 6.35. The minimum atomic E-state index is -0.804. The van der Waals surface area contributed by atoms with Gasteiger partial charge in [-0.3, -0.25) is 14.4 Å². The van der Waals surface area contributed by atoms with Crippen LogP contribution in [0.1, 0.15) is 181 Å². The van der Waals surface area contributed by atoms with Gasteiger partial charge in [0.15, 0.2) is 6.10 Å². The summed E-state index contributed by atoms with van der Waals surface area (Å²) in [6.07, 6.45) is 45.1. The maximum Gasteiger partial charge on any atom is 0.306 e. The van der Waals surface area contributed by atoms with Crippen LogP contribution in [-0.4, -0.2) is 37.2 Å². The van der Waals surface area contributed by atoms with Crippen molar-refractivity contribution in [1.29, 1.82) is 0 Å². The lowest BCUT2D eigenvalue weighted by Gasteiger charge is -2.18. The summed E-state index contributed by atoms with van der Waals surface area (Å²) in [5.41, 5.74) is 0. The van der Waals surface area contributed by atoms with Gasteiger partial charge in [-0.2, -0.15) is 0 Å². The van der Waals surface area contributed by atoms with E-state index in [1.165, 1.54) is 51.4 Å². The van der Waals surface area contributed by atoms with E-state index in [0.717, 1.165) is 77.0 Å². The van der Waals surface area contributed by atoms with Crippen molar-refractivity contribution >= 4 is 17.9 Å². The van der Waals surface area contributed by atoms with E-state index in [2.05, 4.69) is 81.5 Å². The number of allylic oxidation sites excluding steroid dienone is 10. The highest BCUT2D eigenvalue weighted by atomic mass is 16.6. The van der Waals surface area contributed by atoms with Crippen molar-refractivity contribution in [1.82, 2.24) is 0 Å². The van der Waals surface area contributed by atoms with E-state index in [4.69, 9.17) is 14.2 Å². The number of hydrogen-bond acceptors (Lipinski definition) is 6. The fourth-order valence-corrected chi connectivity index (χ4v) is 5.17. The molecule has 6 nitrogen and oxygen atoms in total. The van der Waals surface area contributed by atoms with Crippen LogP contribution in [0.2, 0.25) is 0 Å². The number of esters is 3. The molecule has 0 radical (unpaired) electrons. The summed E-state index contributed by atoms with van der Waals surface area (Å²) in [4.78, 5) is 37.4. The average molecular weight is 699 g/mol. The third-order valence-corrected chi connectivity index (χ3v) is 8.23. The van der Waals surface area contributed by atoms with Gasteiger partial charge in [-0.25, -0.2) is 0 Å². The van der Waals surface area contributed by atoms with E-state index in [1.807, 2.05) is 0 Å². The van der Waals surface area contributed by atoms with Crippen molar-refractivity contribution < 1.29 is 28.6 Å². The first-order valence-corrected chi connectivity index (χ1v) is 20.3. The smallest absolute Gasteiger partial charge is 0.306 e. The van der Waals surface area contributed by atoms with E-state index in [0.29, 0.717) is 25.7 Å². The van der Waals surface area contributed by atoms with Crippen LogP contribution >= 0.6 is 0 Å². The van der Waals surface area contributed by atoms with Crippen molar-refractivity contribution in [3.63, 3.8) is 0 Å². The Morgan fingerprint density at radius 3 is 1.30 bits per heavy atom. The second-order valence-corrected chi connectivity index (χ2v) is 13.2. The molecule has 50 heavy (non-hydrogen) atoms. The standard InChI is InChI=1S/C44H74O6/c1-4-7-10-13-16-19-20-21-22-23-26-28-31-34-37-43(46)49-40-41(50-44(47)38-35-32-29-25-18-15-12-9-6-3)39-48-42(45)36-33-30-27-24-17-14-11-8-5-2/h7,10,16,19,21-22,24-25,27,29,41H,4-6,8-9,11-15,17-18,20,23,26,28,30-40H2,1-3H3/b10-7-,19-16-,22-21-,27-24-,29-25-. The monoisotopic (exact) mass is 699 g/mol. The number of unbranched alkanes of at least 4 members (excludes halogenated alkanes) is 14. The molecular formula is C44H74O6. The zero-order chi connectivity index (χ0) is 36.6. The molecule has 0 aliphatic rings. The fraction of sp³-hybridized carbons (Fsp3) is 0.705. The SMILES string of the molecule is CC/C=C\C/C=C\C/C=C\CCCCCCC(=O)OCC(COC(=O)CCC/C=C\CCCCCC)OC(=O)CCC/C=C\CCCCCC. The summed E-state index contributed by atoms with van der Waals surface area (Å²) in [5, 5.41) is 0. The van der Waals surface area contributed by atoms with Crippen LogP contribution < -0.4 is 0 Å². The lowest BCUT2D eigenvalue weighted by atomic mass is 10.1. The normalized spacial score (nSPS) is 12.6. The van der Waals surface area contributed by atoms with Gasteiger partial charge in [0.2, 0.25) is 0 Å². The van der Waals surface area contributed by atoms with Crippen molar-refractivity contribution in [2.45, 2.75) is 187 Å². The Labute approximate surface area is 307 Å². The number of carbonyl (C=O) groups is 3. The summed E-state index contributed by atoms with van der Waals surface area (Å²) >= 11 is 0. The molecule has 0 aliphatic heterocycles. The largest absolute Gasteiger partial charge is 0.462 e. The molecule has 286 valence electrons. The van der Waals surface area contributed by atoms with Crippen LogP contribution in [0.4, 0.5) is 0 Å². The first kappa shape index (κ1) is 47.1. The van der Waals surface area contributed by atoms with Gasteiger partial charge >= 0.3 is 17.9 Å². The Bertz CT molecular complexity index is 944. The zero-order valence-electron chi connectivity index (χ0n) is 32.4. The molecule has 0 bridgehead atoms. The third kappa shape index (κ3) is 36.4. The highest BCUT2D eigenvalue weighted by Gasteiger charge is 2.19. The minimum Gasteiger partial charge on any atom is -0.462 e. The lowest BCUT2D eigenvalue weighted by molar-refractivity contribution is -0.167. The zero-order valence-corrected chi connectivity index (χ0v) is 32.4. The molecule has 0 aliphatic carbocycles. The molecule has 0 aromatic carbocycles. The highest BCUT2D eigenvalue weighted by molar-refractivity contribution is 5.71.